The van der Waals surface area contributed by atoms with Gasteiger partial charge < -0.3 is 0 Å². The molecule has 0 radical (unpaired) electrons. The average Bonchev–Trinajstić information content (AvgIpc) is 2.43. The van der Waals surface area contributed by atoms with Crippen LogP contribution in [-0.4, -0.2) is 10.8 Å². The number of halogens is 2. The molecule has 0 fully saturated rings. The quantitative estimate of drug-likeness (QED) is 0.551. The Labute approximate surface area is 132 Å². The van der Waals surface area contributed by atoms with E-state index in [-0.39, 0.29) is 5.78 Å². The first kappa shape index (κ1) is 14.2. The van der Waals surface area contributed by atoms with Gasteiger partial charge in [0.25, 0.3) is 0 Å². The van der Waals surface area contributed by atoms with Gasteiger partial charge in [-0.1, -0.05) is 22.0 Å². The number of pyridine rings is 1. The molecule has 5 heteroatoms. The molecular weight excluding hydrogens is 419 g/mol. The van der Waals surface area contributed by atoms with E-state index in [1.165, 1.54) is 0 Å². The van der Waals surface area contributed by atoms with Crippen molar-refractivity contribution in [2.75, 3.05) is 0 Å². The van der Waals surface area contributed by atoms with Crippen molar-refractivity contribution in [3.8, 4) is 6.07 Å². The normalized spacial score (nSPS) is 11.6. The van der Waals surface area contributed by atoms with Gasteiger partial charge in [-0.15, -0.1) is 0 Å². The van der Waals surface area contributed by atoms with Gasteiger partial charge in [0.05, 0.1) is 6.07 Å². The number of Topliss-reactive ketones (excluding diaryl/α,β-unsaturated/α-hetero) is 1. The van der Waals surface area contributed by atoms with Crippen LogP contribution in [0.15, 0.2) is 47.2 Å². The summed E-state index contributed by atoms with van der Waals surface area (Å²) in [6.45, 7) is 0. The van der Waals surface area contributed by atoms with Gasteiger partial charge in [-0.2, -0.15) is 5.26 Å². The van der Waals surface area contributed by atoms with Gasteiger partial charge in [-0.05, 0) is 52.4 Å². The Hall–Kier alpha value is -1.26. The Kier molecular flexibility index (Phi) is 4.66. The number of carbonyl (C=O) groups is 1. The minimum Gasteiger partial charge on any atom is -0.292 e. The summed E-state index contributed by atoms with van der Waals surface area (Å²) in [6.07, 6.45) is 3.16. The summed E-state index contributed by atoms with van der Waals surface area (Å²) in [6, 6.07) is 11.0. The third-order valence-electron chi connectivity index (χ3n) is 2.60. The van der Waals surface area contributed by atoms with E-state index >= 15 is 0 Å². The zero-order valence-corrected chi connectivity index (χ0v) is 13.4. The highest BCUT2D eigenvalue weighted by atomic mass is 127. The molecule has 2 aromatic rings. The number of nitrogens with zero attached hydrogens (tertiary/aromatic N) is 2. The summed E-state index contributed by atoms with van der Waals surface area (Å²) in [4.78, 5) is 16.4. The van der Waals surface area contributed by atoms with Crippen LogP contribution in [0.5, 0.6) is 0 Å². The van der Waals surface area contributed by atoms with Crippen LogP contribution in [0.1, 0.15) is 21.8 Å². The van der Waals surface area contributed by atoms with E-state index in [0.29, 0.717) is 15.6 Å². The van der Waals surface area contributed by atoms with E-state index < -0.39 is 5.92 Å². The molecule has 1 aromatic carbocycles. The van der Waals surface area contributed by atoms with Crippen LogP contribution in [0.2, 0.25) is 0 Å². The van der Waals surface area contributed by atoms with Crippen LogP contribution in [0.4, 0.5) is 0 Å². The molecule has 3 nitrogen and oxygen atoms in total. The van der Waals surface area contributed by atoms with Crippen molar-refractivity contribution in [3.05, 3.63) is 61.9 Å². The van der Waals surface area contributed by atoms with Crippen LogP contribution in [-0.2, 0) is 0 Å². The van der Waals surface area contributed by atoms with E-state index in [4.69, 9.17) is 0 Å². The SMILES string of the molecule is N#CC(C(=O)c1cc(I)ccc1Br)c1cccnc1. The summed E-state index contributed by atoms with van der Waals surface area (Å²) in [7, 11) is 0. The maximum absolute atomic E-state index is 12.5. The Balaban J connectivity index is 2.43. The summed E-state index contributed by atoms with van der Waals surface area (Å²) in [5, 5.41) is 9.26. The summed E-state index contributed by atoms with van der Waals surface area (Å²) in [5.41, 5.74) is 1.13. The number of hydrogen-bond acceptors (Lipinski definition) is 3. The molecule has 1 atom stereocenters. The summed E-state index contributed by atoms with van der Waals surface area (Å²) >= 11 is 5.49. The zero-order chi connectivity index (χ0) is 13.8. The molecule has 0 aliphatic heterocycles. The van der Waals surface area contributed by atoms with Crippen molar-refractivity contribution < 1.29 is 4.79 Å². The first-order valence-electron chi connectivity index (χ1n) is 5.42. The fraction of sp³-hybridized carbons (Fsp3) is 0.0714. The molecule has 0 N–H and O–H groups in total. The van der Waals surface area contributed by atoms with E-state index in [2.05, 4.69) is 49.6 Å². The average molecular weight is 427 g/mol. The van der Waals surface area contributed by atoms with Gasteiger partial charge in [0.2, 0.25) is 0 Å². The Morgan fingerprint density at radius 2 is 2.21 bits per heavy atom. The fourth-order valence-corrected chi connectivity index (χ4v) is 2.61. The maximum Gasteiger partial charge on any atom is 0.185 e. The monoisotopic (exact) mass is 426 g/mol. The van der Waals surface area contributed by atoms with Crippen LogP contribution in [0.25, 0.3) is 0 Å². The van der Waals surface area contributed by atoms with Gasteiger partial charge in [0.1, 0.15) is 5.92 Å². The van der Waals surface area contributed by atoms with Gasteiger partial charge in [0, 0.05) is 26.0 Å². The lowest BCUT2D eigenvalue weighted by molar-refractivity contribution is 0.0978. The van der Waals surface area contributed by atoms with Gasteiger partial charge in [-0.3, -0.25) is 9.78 Å². The predicted molar refractivity (Wildman–Crippen MR) is 83.8 cm³/mol. The third-order valence-corrected chi connectivity index (χ3v) is 3.97. The molecule has 1 heterocycles. The highest BCUT2D eigenvalue weighted by Gasteiger charge is 2.23. The van der Waals surface area contributed by atoms with Crippen molar-refractivity contribution in [3.63, 3.8) is 0 Å². The molecule has 0 amide bonds. The Morgan fingerprint density at radius 1 is 1.42 bits per heavy atom. The van der Waals surface area contributed by atoms with Crippen molar-refractivity contribution in [1.82, 2.24) is 4.98 Å². The highest BCUT2D eigenvalue weighted by Crippen LogP contribution is 2.26. The zero-order valence-electron chi connectivity index (χ0n) is 9.68. The van der Waals surface area contributed by atoms with Gasteiger partial charge in [0.15, 0.2) is 5.78 Å². The molecule has 1 aromatic heterocycles. The van der Waals surface area contributed by atoms with E-state index in [0.717, 1.165) is 3.57 Å². The lowest BCUT2D eigenvalue weighted by Crippen LogP contribution is -2.12. The fourth-order valence-electron chi connectivity index (χ4n) is 1.67. The first-order chi connectivity index (χ1) is 9.13. The summed E-state index contributed by atoms with van der Waals surface area (Å²) in [5.74, 6) is -1.05. The van der Waals surface area contributed by atoms with Crippen LogP contribution < -0.4 is 0 Å². The van der Waals surface area contributed by atoms with E-state index in [1.54, 1.807) is 30.6 Å². The molecule has 0 saturated carbocycles. The van der Waals surface area contributed by atoms with Gasteiger partial charge >= 0.3 is 0 Å². The second kappa shape index (κ2) is 6.26. The molecule has 2 rings (SSSR count). The number of aromatic nitrogens is 1. The molecule has 0 spiro atoms. The Bertz CT molecular complexity index is 652. The minimum atomic E-state index is -0.830. The molecule has 0 saturated heterocycles. The molecule has 1 unspecified atom stereocenters. The second-order valence-corrected chi connectivity index (χ2v) is 5.94. The molecular formula is C14H8BrIN2O. The van der Waals surface area contributed by atoms with Crippen LogP contribution in [0, 0.1) is 14.9 Å². The molecule has 0 aliphatic carbocycles. The van der Waals surface area contributed by atoms with Crippen molar-refractivity contribution >= 4 is 44.3 Å². The van der Waals surface area contributed by atoms with Crippen LogP contribution in [0.3, 0.4) is 0 Å². The number of benzene rings is 1. The molecule has 0 aliphatic rings. The van der Waals surface area contributed by atoms with Crippen LogP contribution >= 0.6 is 38.5 Å². The highest BCUT2D eigenvalue weighted by molar-refractivity contribution is 14.1. The molecule has 19 heavy (non-hydrogen) atoms. The second-order valence-electron chi connectivity index (χ2n) is 3.84. The first-order valence-corrected chi connectivity index (χ1v) is 7.29. The number of ketones is 1. The number of nitriles is 1. The number of carbonyl (C=O) groups excluding carboxylic acids is 1. The standard InChI is InChI=1S/C14H8BrIN2O/c15-13-4-3-10(16)6-11(13)14(19)12(7-17)9-2-1-5-18-8-9/h1-6,8,12H. The lowest BCUT2D eigenvalue weighted by Gasteiger charge is -2.10. The molecule has 0 bridgehead atoms. The largest absolute Gasteiger partial charge is 0.292 e. The number of rotatable bonds is 3. The van der Waals surface area contributed by atoms with Crippen molar-refractivity contribution in [2.45, 2.75) is 5.92 Å². The van der Waals surface area contributed by atoms with E-state index in [1.807, 2.05) is 12.1 Å². The minimum absolute atomic E-state index is 0.221. The lowest BCUT2D eigenvalue weighted by atomic mass is 9.93. The van der Waals surface area contributed by atoms with Gasteiger partial charge in [-0.25, -0.2) is 0 Å². The predicted octanol–water partition coefficient (Wildman–Crippen LogP) is 3.94. The summed E-state index contributed by atoms with van der Waals surface area (Å²) < 4.78 is 1.65. The van der Waals surface area contributed by atoms with Crippen molar-refractivity contribution in [1.29, 1.82) is 5.26 Å². The topological polar surface area (TPSA) is 53.8 Å². The Morgan fingerprint density at radius 3 is 2.84 bits per heavy atom. The third kappa shape index (κ3) is 3.19. The molecule has 94 valence electrons. The smallest absolute Gasteiger partial charge is 0.185 e. The number of hydrogen-bond donors (Lipinski definition) is 0. The van der Waals surface area contributed by atoms with Crippen molar-refractivity contribution in [2.24, 2.45) is 0 Å². The van der Waals surface area contributed by atoms with E-state index in [9.17, 15) is 10.1 Å². The maximum atomic E-state index is 12.5.